The highest BCUT2D eigenvalue weighted by Crippen LogP contribution is 2.25. The van der Waals surface area contributed by atoms with Crippen molar-refractivity contribution in [2.24, 2.45) is 5.73 Å². The third-order valence-electron chi connectivity index (χ3n) is 3.40. The Hall–Kier alpha value is -1.85. The van der Waals surface area contributed by atoms with Crippen LogP contribution in [0.4, 0.5) is 0 Å². The topological polar surface area (TPSA) is 61.2 Å². The molecule has 0 spiro atoms. The third kappa shape index (κ3) is 2.19. The molecule has 3 rings (SSSR count). The Balaban J connectivity index is 2.06. The van der Waals surface area contributed by atoms with E-state index in [1.54, 1.807) is 15.9 Å². The first-order valence-corrected chi connectivity index (χ1v) is 7.56. The summed E-state index contributed by atoms with van der Waals surface area (Å²) < 4.78 is 6.98. The van der Waals surface area contributed by atoms with Crippen molar-refractivity contribution >= 4 is 22.4 Å². The Morgan fingerprint density at radius 2 is 2.20 bits per heavy atom. The van der Waals surface area contributed by atoms with Gasteiger partial charge < -0.3 is 10.2 Å². The maximum absolute atomic E-state index is 11.8. The van der Waals surface area contributed by atoms with Gasteiger partial charge in [-0.2, -0.15) is 11.3 Å². The summed E-state index contributed by atoms with van der Waals surface area (Å²) >= 11 is 1.62. The van der Waals surface area contributed by atoms with E-state index >= 15 is 0 Å². The van der Waals surface area contributed by atoms with Crippen molar-refractivity contribution in [1.82, 2.24) is 4.57 Å². The van der Waals surface area contributed by atoms with E-state index in [2.05, 4.69) is 0 Å². The maximum atomic E-state index is 11.8. The number of fused-ring (bicyclic) bond motifs is 1. The molecule has 0 fully saturated rings. The van der Waals surface area contributed by atoms with Crippen LogP contribution in [0.25, 0.3) is 11.1 Å². The van der Waals surface area contributed by atoms with Gasteiger partial charge in [-0.3, -0.25) is 4.57 Å². The number of hydrogen-bond donors (Lipinski definition) is 1. The fourth-order valence-corrected chi connectivity index (χ4v) is 3.05. The first kappa shape index (κ1) is 13.1. The number of aromatic nitrogens is 1. The van der Waals surface area contributed by atoms with Crippen LogP contribution in [0, 0.1) is 0 Å². The lowest BCUT2D eigenvalue weighted by Crippen LogP contribution is -2.13. The summed E-state index contributed by atoms with van der Waals surface area (Å²) in [6, 6.07) is 7.57. The zero-order valence-electron chi connectivity index (χ0n) is 11.2. The first-order chi connectivity index (χ1) is 9.70. The molecular weight excluding hydrogens is 272 g/mol. The molecule has 5 heteroatoms. The lowest BCUT2D eigenvalue weighted by Gasteiger charge is -2.10. The highest BCUT2D eigenvalue weighted by Gasteiger charge is 2.13. The first-order valence-electron chi connectivity index (χ1n) is 6.61. The standard InChI is InChI=1S/C15H16N2O2S/c1-2-6-17-12-4-3-10(8-13(12)19-15(17)18)14(16)11-5-7-20-9-11/h3-5,7-9,14H,2,6,16H2,1H3. The molecule has 0 aliphatic heterocycles. The van der Waals surface area contributed by atoms with Crippen LogP contribution < -0.4 is 11.5 Å². The summed E-state index contributed by atoms with van der Waals surface area (Å²) in [5.41, 5.74) is 9.70. The Morgan fingerprint density at radius 1 is 1.35 bits per heavy atom. The summed E-state index contributed by atoms with van der Waals surface area (Å²) in [5, 5.41) is 4.04. The molecule has 0 aliphatic carbocycles. The number of nitrogens with zero attached hydrogens (tertiary/aromatic N) is 1. The quantitative estimate of drug-likeness (QED) is 0.802. The number of benzene rings is 1. The van der Waals surface area contributed by atoms with Gasteiger partial charge in [0.25, 0.3) is 0 Å². The second-order valence-corrected chi connectivity index (χ2v) is 5.56. The Kier molecular flexibility index (Phi) is 3.46. The zero-order valence-corrected chi connectivity index (χ0v) is 12.0. The second-order valence-electron chi connectivity index (χ2n) is 4.78. The van der Waals surface area contributed by atoms with Crippen molar-refractivity contribution in [1.29, 1.82) is 0 Å². The third-order valence-corrected chi connectivity index (χ3v) is 4.10. The molecule has 0 amide bonds. The van der Waals surface area contributed by atoms with E-state index in [0.717, 1.165) is 23.1 Å². The molecule has 1 aromatic carbocycles. The average molecular weight is 288 g/mol. The fraction of sp³-hybridized carbons (Fsp3) is 0.267. The van der Waals surface area contributed by atoms with Crippen molar-refractivity contribution in [3.63, 3.8) is 0 Å². The number of nitrogens with two attached hydrogens (primary N) is 1. The number of rotatable bonds is 4. The summed E-state index contributed by atoms with van der Waals surface area (Å²) in [5.74, 6) is -0.303. The smallest absolute Gasteiger partial charge is 0.408 e. The molecule has 0 aliphatic rings. The van der Waals surface area contributed by atoms with Crippen LogP contribution in [0.5, 0.6) is 0 Å². The van der Waals surface area contributed by atoms with Gasteiger partial charge in [-0.25, -0.2) is 4.79 Å². The molecule has 104 valence electrons. The van der Waals surface area contributed by atoms with E-state index in [-0.39, 0.29) is 11.8 Å². The Bertz CT molecular complexity index is 771. The SMILES string of the molecule is CCCn1c(=O)oc2cc(C(N)c3ccsc3)ccc21. The van der Waals surface area contributed by atoms with Crippen molar-refractivity contribution < 1.29 is 4.42 Å². The monoisotopic (exact) mass is 288 g/mol. The van der Waals surface area contributed by atoms with E-state index in [4.69, 9.17) is 10.2 Å². The molecule has 2 aromatic heterocycles. The fourth-order valence-electron chi connectivity index (χ4n) is 2.36. The molecular formula is C15H16N2O2S. The molecule has 2 N–H and O–H groups in total. The summed E-state index contributed by atoms with van der Waals surface area (Å²) in [6.45, 7) is 2.70. The zero-order chi connectivity index (χ0) is 14.1. The lowest BCUT2D eigenvalue weighted by atomic mass is 10.0. The van der Waals surface area contributed by atoms with Crippen molar-refractivity contribution in [2.45, 2.75) is 25.9 Å². The highest BCUT2D eigenvalue weighted by molar-refractivity contribution is 7.08. The molecule has 4 nitrogen and oxygen atoms in total. The van der Waals surface area contributed by atoms with Crippen LogP contribution in [0.3, 0.4) is 0 Å². The van der Waals surface area contributed by atoms with Crippen LogP contribution in [0.1, 0.15) is 30.5 Å². The van der Waals surface area contributed by atoms with Gasteiger partial charge in [0.1, 0.15) is 0 Å². The van der Waals surface area contributed by atoms with Gasteiger partial charge in [0, 0.05) is 6.54 Å². The van der Waals surface area contributed by atoms with Crippen molar-refractivity contribution in [2.75, 3.05) is 0 Å². The summed E-state index contributed by atoms with van der Waals surface area (Å²) in [4.78, 5) is 11.8. The lowest BCUT2D eigenvalue weighted by molar-refractivity contribution is 0.502. The van der Waals surface area contributed by atoms with E-state index in [9.17, 15) is 4.79 Å². The summed E-state index contributed by atoms with van der Waals surface area (Å²) in [7, 11) is 0. The molecule has 0 radical (unpaired) electrons. The van der Waals surface area contributed by atoms with Crippen LogP contribution in [-0.2, 0) is 6.54 Å². The van der Waals surface area contributed by atoms with E-state index in [1.165, 1.54) is 0 Å². The number of aryl methyl sites for hydroxylation is 1. The normalized spacial score (nSPS) is 12.9. The van der Waals surface area contributed by atoms with Gasteiger partial charge in [-0.05, 0) is 46.5 Å². The van der Waals surface area contributed by atoms with Crippen LogP contribution in [0.2, 0.25) is 0 Å². The number of thiophene rings is 1. The van der Waals surface area contributed by atoms with Gasteiger partial charge >= 0.3 is 5.76 Å². The molecule has 0 saturated heterocycles. The van der Waals surface area contributed by atoms with Crippen LogP contribution in [0.15, 0.2) is 44.2 Å². The van der Waals surface area contributed by atoms with Gasteiger partial charge in [-0.1, -0.05) is 13.0 Å². The van der Waals surface area contributed by atoms with Crippen LogP contribution in [-0.4, -0.2) is 4.57 Å². The largest absolute Gasteiger partial charge is 0.419 e. The number of oxazole rings is 1. The molecule has 0 saturated carbocycles. The van der Waals surface area contributed by atoms with Gasteiger partial charge in [0.05, 0.1) is 11.6 Å². The molecule has 1 unspecified atom stereocenters. The molecule has 20 heavy (non-hydrogen) atoms. The average Bonchev–Trinajstić information content (AvgIpc) is 3.07. The van der Waals surface area contributed by atoms with Gasteiger partial charge in [0.15, 0.2) is 5.58 Å². The van der Waals surface area contributed by atoms with E-state index in [0.29, 0.717) is 12.1 Å². The predicted molar refractivity (Wildman–Crippen MR) is 81.1 cm³/mol. The molecule has 0 bridgehead atoms. The molecule has 2 heterocycles. The Labute approximate surface area is 120 Å². The van der Waals surface area contributed by atoms with Gasteiger partial charge in [-0.15, -0.1) is 0 Å². The van der Waals surface area contributed by atoms with E-state index < -0.39 is 0 Å². The minimum Gasteiger partial charge on any atom is -0.408 e. The van der Waals surface area contributed by atoms with E-state index in [1.807, 2.05) is 41.9 Å². The number of hydrogen-bond acceptors (Lipinski definition) is 4. The minimum absolute atomic E-state index is 0.189. The Morgan fingerprint density at radius 3 is 2.90 bits per heavy atom. The second kappa shape index (κ2) is 5.26. The van der Waals surface area contributed by atoms with Gasteiger partial charge in [0.2, 0.25) is 0 Å². The summed E-state index contributed by atoms with van der Waals surface area (Å²) in [6.07, 6.45) is 0.894. The maximum Gasteiger partial charge on any atom is 0.419 e. The molecule has 3 aromatic rings. The molecule has 1 atom stereocenters. The van der Waals surface area contributed by atoms with Crippen LogP contribution >= 0.6 is 11.3 Å². The predicted octanol–water partition coefficient (Wildman–Crippen LogP) is 3.11. The van der Waals surface area contributed by atoms with Crippen molar-refractivity contribution in [3.8, 4) is 0 Å². The van der Waals surface area contributed by atoms with Crippen molar-refractivity contribution in [3.05, 3.63) is 56.7 Å². The highest BCUT2D eigenvalue weighted by atomic mass is 32.1. The minimum atomic E-state index is -0.303.